The van der Waals surface area contributed by atoms with Gasteiger partial charge in [-0.05, 0) is 43.9 Å². The number of rotatable bonds is 2. The fraction of sp³-hybridized carbons (Fsp3) is 0.400. The number of carboxylic acids is 1. The largest absolute Gasteiger partial charge is 0.507 e. The molecule has 2 aliphatic rings. The van der Waals surface area contributed by atoms with E-state index in [1.54, 1.807) is 4.57 Å². The summed E-state index contributed by atoms with van der Waals surface area (Å²) in [4.78, 5) is 11.5. The molecule has 1 fully saturated rings. The van der Waals surface area contributed by atoms with Gasteiger partial charge < -0.3 is 19.5 Å². The van der Waals surface area contributed by atoms with Crippen LogP contribution in [0, 0.1) is 23.4 Å². The number of ether oxygens (including phenoxy) is 1. The lowest BCUT2D eigenvalue weighted by molar-refractivity contribution is -0.149. The number of nitrogens with zero attached hydrogens (tertiary/aromatic N) is 1. The highest BCUT2D eigenvalue weighted by atomic mass is 19.2. The summed E-state index contributed by atoms with van der Waals surface area (Å²) in [5, 5.41) is 20.7. The Hall–Kier alpha value is -3.00. The Morgan fingerprint density at radius 3 is 2.42 bits per heavy atom. The van der Waals surface area contributed by atoms with E-state index in [0.29, 0.717) is 60.1 Å². The van der Waals surface area contributed by atoms with Gasteiger partial charge in [0, 0.05) is 39.9 Å². The zero-order valence-corrected chi connectivity index (χ0v) is 18.3. The number of aromatic nitrogens is 1. The van der Waals surface area contributed by atoms with Gasteiger partial charge in [0.1, 0.15) is 11.6 Å². The van der Waals surface area contributed by atoms with Crippen LogP contribution in [0.1, 0.15) is 50.8 Å². The van der Waals surface area contributed by atoms with Crippen LogP contribution in [0.5, 0.6) is 5.75 Å². The highest BCUT2D eigenvalue weighted by molar-refractivity contribution is 5.94. The van der Waals surface area contributed by atoms with Crippen molar-refractivity contribution in [3.63, 3.8) is 0 Å². The highest BCUT2D eigenvalue weighted by Gasteiger charge is 2.50. The third-order valence-electron chi connectivity index (χ3n) is 7.12. The molecule has 33 heavy (non-hydrogen) atoms. The maximum Gasteiger partial charge on any atom is 0.306 e. The molecular weight excluding hydrogens is 435 g/mol. The summed E-state index contributed by atoms with van der Waals surface area (Å²) < 4.78 is 50.5. The fourth-order valence-electron chi connectivity index (χ4n) is 5.52. The molecule has 0 radical (unpaired) electrons. The number of aromatic hydroxyl groups is 1. The Bertz CT molecular complexity index is 1290. The molecule has 1 aromatic heterocycles. The van der Waals surface area contributed by atoms with E-state index < -0.39 is 40.4 Å². The topological polar surface area (TPSA) is 71.7 Å². The average molecular weight is 459 g/mol. The smallest absolute Gasteiger partial charge is 0.306 e. The molecular formula is C25H24F3NO4. The lowest BCUT2D eigenvalue weighted by Crippen LogP contribution is -2.46. The number of hydrogen-bond acceptors (Lipinski definition) is 3. The summed E-state index contributed by atoms with van der Waals surface area (Å²) in [6, 6.07) is 5.77. The van der Waals surface area contributed by atoms with Gasteiger partial charge in [-0.3, -0.25) is 4.79 Å². The number of phenols is 1. The maximum absolute atomic E-state index is 14.5. The Morgan fingerprint density at radius 2 is 1.79 bits per heavy atom. The average Bonchev–Trinajstić information content (AvgIpc) is 3.11. The van der Waals surface area contributed by atoms with Gasteiger partial charge in [-0.25, -0.2) is 13.2 Å². The first-order valence-electron chi connectivity index (χ1n) is 10.9. The summed E-state index contributed by atoms with van der Waals surface area (Å²) in [6.07, 6.45) is 1.63. The molecule has 5 rings (SSSR count). The number of hydrogen-bond donors (Lipinski definition) is 2. The zero-order chi connectivity index (χ0) is 23.7. The van der Waals surface area contributed by atoms with Gasteiger partial charge in [-0.2, -0.15) is 0 Å². The Labute approximate surface area is 188 Å². The van der Waals surface area contributed by atoms with E-state index in [-0.39, 0.29) is 5.75 Å². The second kappa shape index (κ2) is 7.25. The van der Waals surface area contributed by atoms with Crippen LogP contribution in [0.2, 0.25) is 0 Å². The number of aliphatic carboxylic acids is 1. The molecule has 0 saturated heterocycles. The van der Waals surface area contributed by atoms with Crippen LogP contribution in [0.4, 0.5) is 13.2 Å². The van der Waals surface area contributed by atoms with Gasteiger partial charge in [-0.15, -0.1) is 0 Å². The van der Waals surface area contributed by atoms with E-state index in [1.807, 2.05) is 13.8 Å². The number of fused-ring (bicyclic) bond motifs is 4. The predicted octanol–water partition coefficient (Wildman–Crippen LogP) is 5.53. The van der Waals surface area contributed by atoms with Gasteiger partial charge in [0.15, 0.2) is 11.6 Å². The summed E-state index contributed by atoms with van der Waals surface area (Å²) in [5.41, 5.74) is 0.520. The van der Waals surface area contributed by atoms with Crippen LogP contribution in [-0.4, -0.2) is 27.4 Å². The number of phenolic OH excluding ortho intramolecular Hbond substituents is 1. The first-order chi connectivity index (χ1) is 15.5. The number of benzene rings is 2. The molecule has 2 N–H and O–H groups in total. The maximum atomic E-state index is 14.5. The molecule has 2 aromatic carbocycles. The minimum absolute atomic E-state index is 0.274. The quantitative estimate of drug-likeness (QED) is 0.529. The van der Waals surface area contributed by atoms with E-state index >= 15 is 0 Å². The van der Waals surface area contributed by atoms with Gasteiger partial charge in [0.2, 0.25) is 0 Å². The first-order valence-corrected chi connectivity index (χ1v) is 10.9. The molecule has 1 spiro atoms. The fourth-order valence-corrected chi connectivity index (χ4v) is 5.52. The van der Waals surface area contributed by atoms with E-state index in [4.69, 9.17) is 4.74 Å². The van der Waals surface area contributed by atoms with Crippen LogP contribution in [0.3, 0.4) is 0 Å². The van der Waals surface area contributed by atoms with Crippen molar-refractivity contribution < 1.29 is 32.9 Å². The van der Waals surface area contributed by atoms with E-state index in [9.17, 15) is 28.2 Å². The molecule has 8 heteroatoms. The lowest BCUT2D eigenvalue weighted by atomic mass is 9.69. The van der Waals surface area contributed by atoms with Crippen LogP contribution < -0.4 is 0 Å². The van der Waals surface area contributed by atoms with Crippen LogP contribution >= 0.6 is 0 Å². The number of carboxylic acid groups (broad SMARTS) is 1. The number of halogens is 3. The molecule has 3 aromatic rings. The summed E-state index contributed by atoms with van der Waals surface area (Å²) >= 11 is 0. The standard InChI is InChI=1S/C25H24F3NO4/c1-24(2)12-33-25(7-5-13(6-8-25)23(31)32)21-20-18(9-14(26)10-19(20)30)29(22(21)24)15-3-4-16(27)17(28)11-15/h3-4,9-11,13,30H,5-8,12H2,1-2H3,(H,31,32). The van der Waals surface area contributed by atoms with Gasteiger partial charge in [-0.1, -0.05) is 13.8 Å². The summed E-state index contributed by atoms with van der Waals surface area (Å²) in [5.74, 6) is -4.31. The Balaban J connectivity index is 1.85. The van der Waals surface area contributed by atoms with E-state index in [0.717, 1.165) is 18.2 Å². The molecule has 5 nitrogen and oxygen atoms in total. The van der Waals surface area contributed by atoms with E-state index in [2.05, 4.69) is 0 Å². The van der Waals surface area contributed by atoms with Crippen molar-refractivity contribution in [1.82, 2.24) is 4.57 Å². The Kier molecular flexibility index (Phi) is 4.79. The molecule has 1 aliphatic heterocycles. The minimum Gasteiger partial charge on any atom is -0.507 e. The van der Waals surface area contributed by atoms with Crippen molar-refractivity contribution in [3.8, 4) is 11.4 Å². The molecule has 0 bridgehead atoms. The molecule has 1 saturated carbocycles. The summed E-state index contributed by atoms with van der Waals surface area (Å²) in [6.45, 7) is 4.16. The van der Waals surface area contributed by atoms with Crippen molar-refractivity contribution in [2.45, 2.75) is 50.5 Å². The molecule has 1 aliphatic carbocycles. The second-order valence-electron chi connectivity index (χ2n) is 9.76. The molecule has 0 atom stereocenters. The highest BCUT2D eigenvalue weighted by Crippen LogP contribution is 2.55. The second-order valence-corrected chi connectivity index (χ2v) is 9.76. The van der Waals surface area contributed by atoms with Crippen LogP contribution in [-0.2, 0) is 20.5 Å². The third kappa shape index (κ3) is 3.22. The predicted molar refractivity (Wildman–Crippen MR) is 115 cm³/mol. The van der Waals surface area contributed by atoms with Gasteiger partial charge >= 0.3 is 5.97 Å². The first kappa shape index (κ1) is 21.8. The van der Waals surface area contributed by atoms with Gasteiger partial charge in [0.05, 0.1) is 23.6 Å². The number of carbonyl (C=O) groups is 1. The SMILES string of the molecule is CC1(C)COC2(CCC(C(=O)O)CC2)c2c1n(-c1ccc(F)c(F)c1)c1cc(F)cc(O)c21. The van der Waals surface area contributed by atoms with Crippen LogP contribution in [0.15, 0.2) is 30.3 Å². The zero-order valence-electron chi connectivity index (χ0n) is 18.3. The van der Waals surface area contributed by atoms with Crippen molar-refractivity contribution in [3.05, 3.63) is 59.0 Å². The molecule has 174 valence electrons. The van der Waals surface area contributed by atoms with E-state index in [1.165, 1.54) is 12.1 Å². The van der Waals surface area contributed by atoms with Crippen molar-refractivity contribution in [2.24, 2.45) is 5.92 Å². The van der Waals surface area contributed by atoms with Crippen LogP contribution in [0.25, 0.3) is 16.6 Å². The monoisotopic (exact) mass is 459 g/mol. The van der Waals surface area contributed by atoms with Crippen molar-refractivity contribution in [2.75, 3.05) is 6.61 Å². The lowest BCUT2D eigenvalue weighted by Gasteiger charge is -2.47. The molecule has 0 amide bonds. The molecule has 2 heterocycles. The Morgan fingerprint density at radius 1 is 1.09 bits per heavy atom. The van der Waals surface area contributed by atoms with Gasteiger partial charge in [0.25, 0.3) is 0 Å². The molecule has 0 unspecified atom stereocenters. The minimum atomic E-state index is -1.04. The van der Waals surface area contributed by atoms with Crippen molar-refractivity contribution >= 4 is 16.9 Å². The summed E-state index contributed by atoms with van der Waals surface area (Å²) in [7, 11) is 0. The third-order valence-corrected chi connectivity index (χ3v) is 7.12. The normalized spacial score (nSPS) is 24.2. The van der Waals surface area contributed by atoms with Crippen molar-refractivity contribution in [1.29, 1.82) is 0 Å².